The lowest BCUT2D eigenvalue weighted by atomic mass is 10.1. The third kappa shape index (κ3) is 2.04. The minimum absolute atomic E-state index is 0.381. The van der Waals surface area contributed by atoms with Crippen LogP contribution < -0.4 is 0 Å². The molecule has 2 aromatic heterocycles. The van der Waals surface area contributed by atoms with Gasteiger partial charge in [0, 0.05) is 12.3 Å². The van der Waals surface area contributed by atoms with Gasteiger partial charge in [-0.25, -0.2) is 15.0 Å². The Kier molecular flexibility index (Phi) is 3.13. The van der Waals surface area contributed by atoms with Gasteiger partial charge in [0.05, 0.1) is 5.69 Å². The van der Waals surface area contributed by atoms with Gasteiger partial charge in [0.1, 0.15) is 18.0 Å². The van der Waals surface area contributed by atoms with Crippen LogP contribution in [0.15, 0.2) is 6.33 Å². The zero-order valence-electron chi connectivity index (χ0n) is 11.2. The first-order valence-electron chi connectivity index (χ1n) is 6.28. The Morgan fingerprint density at radius 2 is 1.82 bits per heavy atom. The summed E-state index contributed by atoms with van der Waals surface area (Å²) < 4.78 is 2.03. The molecule has 0 aliphatic rings. The molecule has 0 aliphatic carbocycles. The lowest BCUT2D eigenvalue weighted by Gasteiger charge is -2.03. The van der Waals surface area contributed by atoms with Crippen LogP contribution in [-0.4, -0.2) is 19.4 Å². The molecule has 0 bridgehead atoms. The second kappa shape index (κ2) is 4.43. The fraction of sp³-hybridized carbons (Fsp3) is 0.615. The van der Waals surface area contributed by atoms with Gasteiger partial charge in [0.15, 0.2) is 5.65 Å². The number of rotatable bonds is 3. The van der Waals surface area contributed by atoms with Crippen LogP contribution in [0.4, 0.5) is 0 Å². The molecule has 0 aliphatic heterocycles. The van der Waals surface area contributed by atoms with E-state index in [2.05, 4.69) is 44.6 Å². The van der Waals surface area contributed by atoms with E-state index in [9.17, 15) is 0 Å². The standard InChI is InChI=1S/C13H20N4/c1-6-10-14-7-17-12(9(4)5)16-11(8(2)3)13(17)15-10/h7-9H,6H2,1-5H3. The fourth-order valence-corrected chi connectivity index (χ4v) is 1.92. The van der Waals surface area contributed by atoms with Gasteiger partial charge < -0.3 is 0 Å². The molecular formula is C13H20N4. The quantitative estimate of drug-likeness (QED) is 0.817. The summed E-state index contributed by atoms with van der Waals surface area (Å²) >= 11 is 0. The van der Waals surface area contributed by atoms with Crippen LogP contribution >= 0.6 is 0 Å². The van der Waals surface area contributed by atoms with Crippen molar-refractivity contribution in [2.45, 2.75) is 52.9 Å². The average Bonchev–Trinajstić information content (AvgIpc) is 2.67. The van der Waals surface area contributed by atoms with E-state index in [1.165, 1.54) is 0 Å². The Hall–Kier alpha value is -1.45. The van der Waals surface area contributed by atoms with Gasteiger partial charge in [-0.3, -0.25) is 4.40 Å². The van der Waals surface area contributed by atoms with Gasteiger partial charge in [0.2, 0.25) is 0 Å². The molecule has 0 spiro atoms. The molecular weight excluding hydrogens is 212 g/mol. The van der Waals surface area contributed by atoms with E-state index >= 15 is 0 Å². The molecule has 2 aromatic rings. The van der Waals surface area contributed by atoms with Crippen molar-refractivity contribution >= 4 is 5.65 Å². The first-order chi connectivity index (χ1) is 8.04. The number of nitrogens with zero attached hydrogens (tertiary/aromatic N) is 4. The number of aryl methyl sites for hydroxylation is 1. The maximum atomic E-state index is 4.72. The Bertz CT molecular complexity index is 525. The summed E-state index contributed by atoms with van der Waals surface area (Å²) in [6.07, 6.45) is 2.71. The van der Waals surface area contributed by atoms with Gasteiger partial charge in [-0.2, -0.15) is 0 Å². The minimum Gasteiger partial charge on any atom is -0.270 e. The number of hydrogen-bond donors (Lipinski definition) is 0. The Morgan fingerprint density at radius 1 is 1.12 bits per heavy atom. The molecule has 17 heavy (non-hydrogen) atoms. The SMILES string of the molecule is CCc1ncn2c(C(C)C)nc(C(C)C)c2n1. The molecule has 2 heterocycles. The summed E-state index contributed by atoms with van der Waals surface area (Å²) in [7, 11) is 0. The van der Waals surface area contributed by atoms with Crippen LogP contribution in [0.5, 0.6) is 0 Å². The highest BCUT2D eigenvalue weighted by Crippen LogP contribution is 2.23. The van der Waals surface area contributed by atoms with Crippen LogP contribution in [0.1, 0.15) is 63.8 Å². The lowest BCUT2D eigenvalue weighted by Crippen LogP contribution is -2.02. The van der Waals surface area contributed by atoms with Crippen molar-refractivity contribution in [3.05, 3.63) is 23.7 Å². The fourth-order valence-electron chi connectivity index (χ4n) is 1.92. The van der Waals surface area contributed by atoms with E-state index in [-0.39, 0.29) is 0 Å². The maximum Gasteiger partial charge on any atom is 0.163 e. The minimum atomic E-state index is 0.381. The smallest absolute Gasteiger partial charge is 0.163 e. The predicted octanol–water partition coefficient (Wildman–Crippen LogP) is 2.93. The van der Waals surface area contributed by atoms with Crippen LogP contribution in [0, 0.1) is 0 Å². The highest BCUT2D eigenvalue weighted by Gasteiger charge is 2.17. The number of hydrogen-bond acceptors (Lipinski definition) is 3. The molecule has 4 nitrogen and oxygen atoms in total. The second-order valence-electron chi connectivity index (χ2n) is 4.98. The van der Waals surface area contributed by atoms with E-state index < -0.39 is 0 Å². The Balaban J connectivity index is 2.72. The van der Waals surface area contributed by atoms with Crippen molar-refractivity contribution in [2.75, 3.05) is 0 Å². The molecule has 4 heteroatoms. The first-order valence-corrected chi connectivity index (χ1v) is 6.28. The molecule has 0 fully saturated rings. The van der Waals surface area contributed by atoms with Crippen molar-refractivity contribution in [3.8, 4) is 0 Å². The van der Waals surface area contributed by atoms with Gasteiger partial charge in [0.25, 0.3) is 0 Å². The zero-order chi connectivity index (χ0) is 12.6. The number of aromatic nitrogens is 4. The molecule has 0 unspecified atom stereocenters. The van der Waals surface area contributed by atoms with Crippen LogP contribution in [0.2, 0.25) is 0 Å². The van der Waals surface area contributed by atoms with Crippen molar-refractivity contribution in [1.82, 2.24) is 19.4 Å². The molecule has 0 aromatic carbocycles. The van der Waals surface area contributed by atoms with E-state index in [1.54, 1.807) is 0 Å². The molecule has 2 rings (SSSR count). The van der Waals surface area contributed by atoms with Crippen molar-refractivity contribution in [1.29, 1.82) is 0 Å². The largest absolute Gasteiger partial charge is 0.270 e. The average molecular weight is 232 g/mol. The van der Waals surface area contributed by atoms with Crippen LogP contribution in [0.25, 0.3) is 5.65 Å². The predicted molar refractivity (Wildman–Crippen MR) is 68.3 cm³/mol. The van der Waals surface area contributed by atoms with E-state index in [4.69, 9.17) is 4.98 Å². The van der Waals surface area contributed by atoms with Gasteiger partial charge in [-0.15, -0.1) is 0 Å². The normalized spacial score (nSPS) is 11.9. The first kappa shape index (κ1) is 12.0. The highest BCUT2D eigenvalue weighted by molar-refractivity contribution is 5.47. The molecule has 0 radical (unpaired) electrons. The van der Waals surface area contributed by atoms with E-state index in [0.717, 1.165) is 29.4 Å². The third-order valence-electron chi connectivity index (χ3n) is 2.88. The highest BCUT2D eigenvalue weighted by atomic mass is 15.1. The van der Waals surface area contributed by atoms with Crippen LogP contribution in [-0.2, 0) is 6.42 Å². The second-order valence-corrected chi connectivity index (χ2v) is 4.98. The topological polar surface area (TPSA) is 43.1 Å². The lowest BCUT2D eigenvalue weighted by molar-refractivity contribution is 0.746. The van der Waals surface area contributed by atoms with Crippen molar-refractivity contribution in [3.63, 3.8) is 0 Å². The van der Waals surface area contributed by atoms with E-state index in [0.29, 0.717) is 11.8 Å². The Morgan fingerprint density at radius 3 is 2.35 bits per heavy atom. The molecule has 0 saturated carbocycles. The maximum absolute atomic E-state index is 4.72. The number of imidazole rings is 1. The molecule has 0 amide bonds. The van der Waals surface area contributed by atoms with Gasteiger partial charge in [-0.1, -0.05) is 34.6 Å². The van der Waals surface area contributed by atoms with E-state index in [1.807, 2.05) is 10.7 Å². The van der Waals surface area contributed by atoms with Crippen molar-refractivity contribution in [2.24, 2.45) is 0 Å². The molecule has 0 N–H and O–H groups in total. The van der Waals surface area contributed by atoms with Gasteiger partial charge >= 0.3 is 0 Å². The summed E-state index contributed by atoms with van der Waals surface area (Å²) in [4.78, 5) is 13.7. The summed E-state index contributed by atoms with van der Waals surface area (Å²) in [5, 5.41) is 0. The Labute approximate surface area is 102 Å². The summed E-state index contributed by atoms with van der Waals surface area (Å²) in [6.45, 7) is 10.7. The summed E-state index contributed by atoms with van der Waals surface area (Å²) in [5.41, 5.74) is 2.04. The monoisotopic (exact) mass is 232 g/mol. The van der Waals surface area contributed by atoms with Crippen LogP contribution in [0.3, 0.4) is 0 Å². The molecule has 0 saturated heterocycles. The summed E-state index contributed by atoms with van der Waals surface area (Å²) in [6, 6.07) is 0. The summed E-state index contributed by atoms with van der Waals surface area (Å²) in [5.74, 6) is 2.70. The molecule has 0 atom stereocenters. The zero-order valence-corrected chi connectivity index (χ0v) is 11.2. The molecule has 92 valence electrons. The number of fused-ring (bicyclic) bond motifs is 1. The van der Waals surface area contributed by atoms with Gasteiger partial charge in [-0.05, 0) is 5.92 Å². The third-order valence-corrected chi connectivity index (χ3v) is 2.88. The van der Waals surface area contributed by atoms with Crippen molar-refractivity contribution < 1.29 is 0 Å².